The minimum atomic E-state index is -4.66. The number of aryl methyl sites for hydroxylation is 2. The summed E-state index contributed by atoms with van der Waals surface area (Å²) in [7, 11) is -3.50. The number of hydrogen-bond donors (Lipinski definition) is 0. The number of benzene rings is 3. The second-order valence-electron chi connectivity index (χ2n) is 9.11. The zero-order valence-corrected chi connectivity index (χ0v) is 22.8. The van der Waals surface area contributed by atoms with Crippen LogP contribution in [0, 0.1) is 19.7 Å². The van der Waals surface area contributed by atoms with Crippen molar-refractivity contribution in [3.63, 3.8) is 0 Å². The number of halogens is 5. The van der Waals surface area contributed by atoms with Gasteiger partial charge in [0.2, 0.25) is 0 Å². The van der Waals surface area contributed by atoms with Crippen LogP contribution in [0.5, 0.6) is 0 Å². The van der Waals surface area contributed by atoms with Crippen LogP contribution in [0.25, 0.3) is 39.4 Å². The third-order valence-electron chi connectivity index (χ3n) is 6.20. The molecule has 0 amide bonds. The highest BCUT2D eigenvalue weighted by Crippen LogP contribution is 2.40. The molecule has 12 heteroatoms. The van der Waals surface area contributed by atoms with Crippen LogP contribution < -0.4 is 0 Å². The zero-order chi connectivity index (χ0) is 29.0. The molecule has 0 atom stereocenters. The van der Waals surface area contributed by atoms with E-state index in [1.807, 2.05) is 0 Å². The molecule has 5 aromatic rings. The van der Waals surface area contributed by atoms with E-state index in [2.05, 4.69) is 9.97 Å². The number of rotatable bonds is 5. The Morgan fingerprint density at radius 1 is 0.925 bits per heavy atom. The molecule has 0 aliphatic carbocycles. The summed E-state index contributed by atoms with van der Waals surface area (Å²) in [4.78, 5) is 8.31. The van der Waals surface area contributed by atoms with Gasteiger partial charge in [-0.25, -0.2) is 22.8 Å². The Morgan fingerprint density at radius 3 is 2.27 bits per heavy atom. The quantitative estimate of drug-likeness (QED) is 0.196. The molecule has 40 heavy (non-hydrogen) atoms. The first-order chi connectivity index (χ1) is 18.7. The van der Waals surface area contributed by atoms with Crippen molar-refractivity contribution in [3.8, 4) is 39.4 Å². The SMILES string of the molecule is Cc1nc(-c2cc(-c3cccc(S(C)(=O)=O)c3)ccc2-n2cc(C(F)(F)F)nc2C)c(-c2ccc(F)c(Cl)c2)o1. The monoisotopic (exact) mass is 589 g/mol. The number of sulfone groups is 1. The molecule has 2 heterocycles. The predicted octanol–water partition coefficient (Wildman–Crippen LogP) is 7.69. The molecule has 0 saturated heterocycles. The van der Waals surface area contributed by atoms with Gasteiger partial charge in [0, 0.05) is 30.5 Å². The molecule has 0 aliphatic heterocycles. The van der Waals surface area contributed by atoms with Crippen molar-refractivity contribution in [3.05, 3.63) is 95.1 Å². The summed E-state index contributed by atoms with van der Waals surface area (Å²) in [6, 6.07) is 15.2. The van der Waals surface area contributed by atoms with Crippen molar-refractivity contribution in [2.24, 2.45) is 0 Å². The predicted molar refractivity (Wildman–Crippen MR) is 142 cm³/mol. The Kier molecular flexibility index (Phi) is 6.83. The van der Waals surface area contributed by atoms with Gasteiger partial charge in [-0.2, -0.15) is 13.2 Å². The minimum Gasteiger partial charge on any atom is -0.440 e. The third kappa shape index (κ3) is 5.26. The first-order valence-electron chi connectivity index (χ1n) is 11.7. The van der Waals surface area contributed by atoms with Crippen molar-refractivity contribution >= 4 is 21.4 Å². The van der Waals surface area contributed by atoms with Crippen molar-refractivity contribution in [1.82, 2.24) is 14.5 Å². The molecule has 0 N–H and O–H groups in total. The highest BCUT2D eigenvalue weighted by Gasteiger charge is 2.35. The summed E-state index contributed by atoms with van der Waals surface area (Å²) in [5.74, 6) is -0.0898. The molecule has 0 radical (unpaired) electrons. The van der Waals surface area contributed by atoms with Gasteiger partial charge in [-0.3, -0.25) is 0 Å². The average molecular weight is 590 g/mol. The van der Waals surface area contributed by atoms with E-state index in [0.717, 1.165) is 12.5 Å². The Balaban J connectivity index is 1.78. The molecule has 6 nitrogen and oxygen atoms in total. The lowest BCUT2D eigenvalue weighted by Gasteiger charge is -2.14. The van der Waals surface area contributed by atoms with Gasteiger partial charge in [0.05, 0.1) is 15.6 Å². The van der Waals surface area contributed by atoms with Crippen LogP contribution in [-0.2, 0) is 16.0 Å². The van der Waals surface area contributed by atoms with E-state index < -0.39 is 27.5 Å². The van der Waals surface area contributed by atoms with E-state index in [1.165, 1.54) is 41.8 Å². The number of hydrogen-bond acceptors (Lipinski definition) is 5. The maximum absolute atomic E-state index is 13.9. The van der Waals surface area contributed by atoms with Crippen LogP contribution in [0.2, 0.25) is 5.02 Å². The lowest BCUT2D eigenvalue weighted by molar-refractivity contribution is -0.141. The van der Waals surface area contributed by atoms with Gasteiger partial charge in [0.15, 0.2) is 27.2 Å². The lowest BCUT2D eigenvalue weighted by Crippen LogP contribution is -2.05. The number of aromatic nitrogens is 3. The van der Waals surface area contributed by atoms with Crippen LogP contribution >= 0.6 is 11.6 Å². The molecule has 0 bridgehead atoms. The Morgan fingerprint density at radius 2 is 1.62 bits per heavy atom. The van der Waals surface area contributed by atoms with E-state index >= 15 is 0 Å². The fraction of sp³-hybridized carbons (Fsp3) is 0.143. The van der Waals surface area contributed by atoms with Gasteiger partial charge in [-0.15, -0.1) is 0 Å². The molecule has 206 valence electrons. The minimum absolute atomic E-state index is 0.0759. The Hall–Kier alpha value is -3.96. The van der Waals surface area contributed by atoms with Crippen LogP contribution in [0.3, 0.4) is 0 Å². The Bertz CT molecular complexity index is 1880. The average Bonchev–Trinajstić information content (AvgIpc) is 3.47. The van der Waals surface area contributed by atoms with Gasteiger partial charge >= 0.3 is 6.18 Å². The molecular weight excluding hydrogens is 570 g/mol. The van der Waals surface area contributed by atoms with E-state index in [-0.39, 0.29) is 33.1 Å². The lowest BCUT2D eigenvalue weighted by atomic mass is 9.98. The molecule has 2 aromatic heterocycles. The maximum Gasteiger partial charge on any atom is 0.434 e. The van der Waals surface area contributed by atoms with Crippen molar-refractivity contribution in [2.45, 2.75) is 24.9 Å². The van der Waals surface area contributed by atoms with Crippen LogP contribution in [-0.4, -0.2) is 29.2 Å². The molecule has 3 aromatic carbocycles. The van der Waals surface area contributed by atoms with Gasteiger partial charge in [-0.1, -0.05) is 29.8 Å². The zero-order valence-electron chi connectivity index (χ0n) is 21.2. The molecule has 0 saturated carbocycles. The molecule has 0 spiro atoms. The first kappa shape index (κ1) is 27.6. The highest BCUT2D eigenvalue weighted by molar-refractivity contribution is 7.90. The second kappa shape index (κ2) is 9.90. The van der Waals surface area contributed by atoms with Crippen molar-refractivity contribution < 1.29 is 30.4 Å². The number of nitrogens with zero attached hydrogens (tertiary/aromatic N) is 3. The topological polar surface area (TPSA) is 78.0 Å². The van der Waals surface area contributed by atoms with Crippen LogP contribution in [0.4, 0.5) is 17.6 Å². The van der Waals surface area contributed by atoms with Gasteiger partial charge in [0.1, 0.15) is 17.3 Å². The van der Waals surface area contributed by atoms with E-state index in [0.29, 0.717) is 27.9 Å². The van der Waals surface area contributed by atoms with Crippen LogP contribution in [0.15, 0.2) is 76.2 Å². The number of oxazole rings is 1. The second-order valence-corrected chi connectivity index (χ2v) is 11.5. The third-order valence-corrected chi connectivity index (χ3v) is 7.60. The van der Waals surface area contributed by atoms with Gasteiger partial charge in [-0.05, 0) is 60.5 Å². The summed E-state index contributed by atoms with van der Waals surface area (Å²) < 4.78 is 85.9. The van der Waals surface area contributed by atoms with Crippen LogP contribution in [0.1, 0.15) is 17.4 Å². The normalized spacial score (nSPS) is 12.2. The maximum atomic E-state index is 13.9. The summed E-state index contributed by atoms with van der Waals surface area (Å²) >= 11 is 6.01. The van der Waals surface area contributed by atoms with Crippen molar-refractivity contribution in [2.75, 3.05) is 6.26 Å². The largest absolute Gasteiger partial charge is 0.440 e. The fourth-order valence-electron chi connectivity index (χ4n) is 4.32. The van der Waals surface area contributed by atoms with Gasteiger partial charge < -0.3 is 8.98 Å². The molecule has 5 rings (SSSR count). The van der Waals surface area contributed by atoms with E-state index in [4.69, 9.17) is 16.0 Å². The van der Waals surface area contributed by atoms with Gasteiger partial charge in [0.25, 0.3) is 0 Å². The molecular formula is C28H20ClF4N3O3S. The number of alkyl halides is 3. The summed E-state index contributed by atoms with van der Waals surface area (Å²) in [6.45, 7) is 3.04. The first-order valence-corrected chi connectivity index (χ1v) is 14.0. The number of imidazole rings is 1. The van der Waals surface area contributed by atoms with Crippen molar-refractivity contribution in [1.29, 1.82) is 0 Å². The Labute approximate surface area is 231 Å². The smallest absolute Gasteiger partial charge is 0.434 e. The summed E-state index contributed by atoms with van der Waals surface area (Å²) in [5.41, 5.74) is 1.40. The molecule has 0 unspecified atom stereocenters. The highest BCUT2D eigenvalue weighted by atomic mass is 35.5. The van der Waals surface area contributed by atoms with E-state index in [1.54, 1.807) is 37.3 Å². The summed E-state index contributed by atoms with van der Waals surface area (Å²) in [6.07, 6.45) is -2.68. The van der Waals surface area contributed by atoms with E-state index in [9.17, 15) is 26.0 Å². The fourth-order valence-corrected chi connectivity index (χ4v) is 5.16. The molecule has 0 fully saturated rings. The molecule has 0 aliphatic rings. The standard InChI is InChI=1S/C28H20ClF4N3O3S/c1-15-34-25(28(31,32)33)14-36(15)24-10-8-18(17-5-4-6-20(11-17)40(3,37)38)12-21(24)26-27(39-16(2)35-26)19-7-9-23(30)22(29)13-19/h4-14H,1-3H3. The summed E-state index contributed by atoms with van der Waals surface area (Å²) in [5, 5.41) is -0.149.